The first-order valence-electron chi connectivity index (χ1n) is 8.84. The normalized spacial score (nSPS) is 15.1. The summed E-state index contributed by atoms with van der Waals surface area (Å²) in [6.45, 7) is 0.415. The zero-order chi connectivity index (χ0) is 20.8. The molecular formula is C22H17Cl2NO3S. The monoisotopic (exact) mass is 445 g/mol. The molecule has 0 bridgehead atoms. The third kappa shape index (κ3) is 5.36. The van der Waals surface area contributed by atoms with Crippen LogP contribution < -0.4 is 4.74 Å². The Labute approximate surface area is 183 Å². The Morgan fingerprint density at radius 1 is 1.14 bits per heavy atom. The quantitative estimate of drug-likeness (QED) is 0.406. The van der Waals surface area contributed by atoms with Gasteiger partial charge in [-0.25, -0.2) is 0 Å². The van der Waals surface area contributed by atoms with E-state index in [2.05, 4.69) is 5.92 Å². The number of benzene rings is 2. The van der Waals surface area contributed by atoms with Crippen LogP contribution in [0.2, 0.25) is 10.0 Å². The average Bonchev–Trinajstić information content (AvgIpc) is 2.95. The van der Waals surface area contributed by atoms with E-state index in [0.29, 0.717) is 23.4 Å². The predicted molar refractivity (Wildman–Crippen MR) is 118 cm³/mol. The number of carbonyl (C=O) groups is 2. The van der Waals surface area contributed by atoms with E-state index in [-0.39, 0.29) is 33.5 Å². The highest BCUT2D eigenvalue weighted by molar-refractivity contribution is 8.18. The van der Waals surface area contributed by atoms with Gasteiger partial charge in [0.15, 0.2) is 5.75 Å². The molecule has 1 fully saturated rings. The van der Waals surface area contributed by atoms with Crippen LogP contribution in [-0.4, -0.2) is 29.2 Å². The van der Waals surface area contributed by atoms with Gasteiger partial charge in [-0.05, 0) is 53.9 Å². The number of ether oxygens (including phenoxy) is 1. The van der Waals surface area contributed by atoms with Gasteiger partial charge in [-0.2, -0.15) is 0 Å². The van der Waals surface area contributed by atoms with E-state index in [9.17, 15) is 9.59 Å². The molecule has 0 atom stereocenters. The molecule has 0 radical (unpaired) electrons. The molecular weight excluding hydrogens is 429 g/mol. The summed E-state index contributed by atoms with van der Waals surface area (Å²) >= 11 is 13.3. The third-order valence-corrected chi connectivity index (χ3v) is 5.65. The van der Waals surface area contributed by atoms with Crippen LogP contribution in [-0.2, 0) is 11.2 Å². The van der Waals surface area contributed by atoms with Crippen molar-refractivity contribution in [2.45, 2.75) is 12.8 Å². The lowest BCUT2D eigenvalue weighted by atomic mass is 10.1. The van der Waals surface area contributed by atoms with Crippen molar-refractivity contribution < 1.29 is 14.3 Å². The largest absolute Gasteiger partial charge is 0.478 e. The first-order chi connectivity index (χ1) is 14.0. The van der Waals surface area contributed by atoms with Crippen LogP contribution in [0.15, 0.2) is 47.4 Å². The Balaban J connectivity index is 1.68. The number of amides is 2. The maximum atomic E-state index is 12.6. The maximum absolute atomic E-state index is 12.6. The molecule has 0 aliphatic carbocycles. The number of halogens is 2. The van der Waals surface area contributed by atoms with Crippen molar-refractivity contribution in [2.75, 3.05) is 13.2 Å². The highest BCUT2D eigenvalue weighted by atomic mass is 35.5. The molecule has 4 nitrogen and oxygen atoms in total. The summed E-state index contributed by atoms with van der Waals surface area (Å²) in [4.78, 5) is 26.5. The molecule has 1 heterocycles. The maximum Gasteiger partial charge on any atom is 0.293 e. The van der Waals surface area contributed by atoms with E-state index in [4.69, 9.17) is 34.4 Å². The Morgan fingerprint density at radius 3 is 2.48 bits per heavy atom. The van der Waals surface area contributed by atoms with Crippen LogP contribution in [0.1, 0.15) is 17.5 Å². The van der Waals surface area contributed by atoms with Gasteiger partial charge in [-0.15, -0.1) is 6.42 Å². The Hall–Kier alpha value is -2.39. The topological polar surface area (TPSA) is 46.6 Å². The number of nitrogens with zero attached hydrogens (tertiary/aromatic N) is 1. The summed E-state index contributed by atoms with van der Waals surface area (Å²) in [5.41, 5.74) is 1.77. The molecule has 1 aliphatic heterocycles. The number of hydrogen-bond acceptors (Lipinski definition) is 4. The standard InChI is InChI=1S/C22H17Cl2NO3S/c1-2-11-28-20-17(23)12-16(13-18(20)24)14-19-21(26)25(22(27)29-19)10-6-9-15-7-4-3-5-8-15/h1,3-5,7-8,12-14H,6,9-11H2/b19-14+. The van der Waals surface area contributed by atoms with E-state index >= 15 is 0 Å². The third-order valence-electron chi connectivity index (χ3n) is 4.18. The molecule has 0 N–H and O–H groups in total. The molecule has 2 aromatic rings. The number of hydrogen-bond donors (Lipinski definition) is 0. The highest BCUT2D eigenvalue weighted by Gasteiger charge is 2.34. The molecule has 0 spiro atoms. The minimum atomic E-state index is -0.312. The molecule has 0 unspecified atom stereocenters. The van der Waals surface area contributed by atoms with Gasteiger partial charge in [-0.1, -0.05) is 59.5 Å². The minimum absolute atomic E-state index is 0.0423. The highest BCUT2D eigenvalue weighted by Crippen LogP contribution is 2.37. The van der Waals surface area contributed by atoms with Crippen molar-refractivity contribution in [3.8, 4) is 18.1 Å². The van der Waals surface area contributed by atoms with Crippen LogP contribution in [0.3, 0.4) is 0 Å². The first kappa shape index (κ1) is 21.3. The summed E-state index contributed by atoms with van der Waals surface area (Å²) in [7, 11) is 0. The average molecular weight is 446 g/mol. The van der Waals surface area contributed by atoms with Gasteiger partial charge in [-0.3, -0.25) is 14.5 Å². The van der Waals surface area contributed by atoms with Crippen LogP contribution in [0.25, 0.3) is 6.08 Å². The van der Waals surface area contributed by atoms with Crippen molar-refractivity contribution in [1.82, 2.24) is 4.90 Å². The zero-order valence-corrected chi connectivity index (χ0v) is 17.7. The second kappa shape index (κ2) is 9.89. The summed E-state index contributed by atoms with van der Waals surface area (Å²) in [5.74, 6) is 2.32. The summed E-state index contributed by atoms with van der Waals surface area (Å²) in [6.07, 6.45) is 8.28. The predicted octanol–water partition coefficient (Wildman–Crippen LogP) is 5.67. The van der Waals surface area contributed by atoms with Crippen LogP contribution >= 0.6 is 35.0 Å². The molecule has 1 aliphatic rings. The van der Waals surface area contributed by atoms with Gasteiger partial charge in [0.2, 0.25) is 0 Å². The zero-order valence-electron chi connectivity index (χ0n) is 15.4. The van der Waals surface area contributed by atoms with Gasteiger partial charge >= 0.3 is 0 Å². The second-order valence-corrected chi connectivity index (χ2v) is 8.04. The van der Waals surface area contributed by atoms with E-state index in [1.165, 1.54) is 10.5 Å². The van der Waals surface area contributed by atoms with Crippen molar-refractivity contribution in [1.29, 1.82) is 0 Å². The molecule has 3 rings (SSSR count). The van der Waals surface area contributed by atoms with Gasteiger partial charge in [0.05, 0.1) is 15.0 Å². The Morgan fingerprint density at radius 2 is 1.83 bits per heavy atom. The fourth-order valence-corrected chi connectivity index (χ4v) is 4.32. The minimum Gasteiger partial charge on any atom is -0.478 e. The Bertz CT molecular complexity index is 976. The van der Waals surface area contributed by atoms with E-state index in [1.54, 1.807) is 18.2 Å². The van der Waals surface area contributed by atoms with Crippen molar-refractivity contribution in [3.63, 3.8) is 0 Å². The fraction of sp³-hybridized carbons (Fsp3) is 0.182. The number of carbonyl (C=O) groups excluding carboxylic acids is 2. The van der Waals surface area contributed by atoms with Crippen LogP contribution in [0, 0.1) is 12.3 Å². The molecule has 0 aromatic heterocycles. The second-order valence-electron chi connectivity index (χ2n) is 6.23. The van der Waals surface area contributed by atoms with Gasteiger partial charge in [0.25, 0.3) is 11.1 Å². The van der Waals surface area contributed by atoms with Crippen LogP contribution in [0.4, 0.5) is 4.79 Å². The lowest BCUT2D eigenvalue weighted by Crippen LogP contribution is -2.29. The van der Waals surface area contributed by atoms with Gasteiger partial charge < -0.3 is 4.74 Å². The molecule has 2 amide bonds. The van der Waals surface area contributed by atoms with Crippen molar-refractivity contribution in [2.24, 2.45) is 0 Å². The smallest absolute Gasteiger partial charge is 0.293 e. The first-order valence-corrected chi connectivity index (χ1v) is 10.4. The van der Waals surface area contributed by atoms with Crippen LogP contribution in [0.5, 0.6) is 5.75 Å². The number of terminal acetylenes is 1. The van der Waals surface area contributed by atoms with E-state index in [1.807, 2.05) is 30.3 Å². The van der Waals surface area contributed by atoms with Crippen molar-refractivity contribution >= 4 is 52.2 Å². The summed E-state index contributed by atoms with van der Waals surface area (Å²) < 4.78 is 5.32. The SMILES string of the molecule is C#CCOc1c(Cl)cc(/C=C2/SC(=O)N(CCCc3ccccc3)C2=O)cc1Cl. The molecule has 148 valence electrons. The molecule has 0 saturated carbocycles. The lowest BCUT2D eigenvalue weighted by molar-refractivity contribution is -0.122. The van der Waals surface area contributed by atoms with Crippen molar-refractivity contribution in [3.05, 3.63) is 68.5 Å². The number of aryl methyl sites for hydroxylation is 1. The Kier molecular flexibility index (Phi) is 7.27. The number of thioether (sulfide) groups is 1. The number of imide groups is 1. The van der Waals surface area contributed by atoms with E-state index < -0.39 is 0 Å². The molecule has 2 aromatic carbocycles. The van der Waals surface area contributed by atoms with E-state index in [0.717, 1.165) is 18.2 Å². The number of rotatable bonds is 7. The molecule has 7 heteroatoms. The molecule has 29 heavy (non-hydrogen) atoms. The van der Waals surface area contributed by atoms with Gasteiger partial charge in [0, 0.05) is 6.54 Å². The molecule has 1 saturated heterocycles. The lowest BCUT2D eigenvalue weighted by Gasteiger charge is -2.12. The summed E-state index contributed by atoms with van der Waals surface area (Å²) in [5, 5.41) is 0.280. The summed E-state index contributed by atoms with van der Waals surface area (Å²) in [6, 6.07) is 13.2. The fourth-order valence-electron chi connectivity index (χ4n) is 2.84. The van der Waals surface area contributed by atoms with Gasteiger partial charge in [0.1, 0.15) is 6.61 Å².